The Morgan fingerprint density at radius 3 is 2.86 bits per heavy atom. The summed E-state index contributed by atoms with van der Waals surface area (Å²) in [7, 11) is 0. The summed E-state index contributed by atoms with van der Waals surface area (Å²) in [6, 6.07) is 15.7. The second-order valence-electron chi connectivity index (χ2n) is 5.20. The number of nitrogens with one attached hydrogen (secondary N) is 1. The van der Waals surface area contributed by atoms with Gasteiger partial charge in [-0.3, -0.25) is 4.79 Å². The SMILES string of the molecule is CC(NC(=O)C1Cc2ccccc2O1)c1cccc(Br)c1. The number of para-hydroxylation sites is 1. The zero-order chi connectivity index (χ0) is 14.8. The van der Waals surface area contributed by atoms with Gasteiger partial charge in [-0.25, -0.2) is 0 Å². The van der Waals surface area contributed by atoms with E-state index in [1.165, 1.54) is 0 Å². The van der Waals surface area contributed by atoms with Crippen molar-refractivity contribution in [2.75, 3.05) is 0 Å². The topological polar surface area (TPSA) is 38.3 Å². The van der Waals surface area contributed by atoms with Gasteiger partial charge in [0.25, 0.3) is 5.91 Å². The Morgan fingerprint density at radius 1 is 1.29 bits per heavy atom. The smallest absolute Gasteiger partial charge is 0.261 e. The van der Waals surface area contributed by atoms with Crippen LogP contribution in [0.2, 0.25) is 0 Å². The van der Waals surface area contributed by atoms with Crippen molar-refractivity contribution in [1.82, 2.24) is 5.32 Å². The van der Waals surface area contributed by atoms with Crippen LogP contribution in [0.15, 0.2) is 53.0 Å². The molecule has 1 N–H and O–H groups in total. The van der Waals surface area contributed by atoms with Crippen LogP contribution in [-0.2, 0) is 11.2 Å². The number of benzene rings is 2. The van der Waals surface area contributed by atoms with E-state index in [1.54, 1.807) is 0 Å². The molecular formula is C17H16BrNO2. The second kappa shape index (κ2) is 5.90. The van der Waals surface area contributed by atoms with Crippen molar-refractivity contribution in [2.24, 2.45) is 0 Å². The highest BCUT2D eigenvalue weighted by Crippen LogP contribution is 2.28. The first-order valence-corrected chi connectivity index (χ1v) is 7.73. The molecule has 2 aromatic carbocycles. The molecule has 2 atom stereocenters. The minimum Gasteiger partial charge on any atom is -0.480 e. The monoisotopic (exact) mass is 345 g/mol. The Hall–Kier alpha value is -1.81. The first kappa shape index (κ1) is 14.1. The van der Waals surface area contributed by atoms with Crippen molar-refractivity contribution in [3.63, 3.8) is 0 Å². The van der Waals surface area contributed by atoms with Crippen LogP contribution in [0.1, 0.15) is 24.1 Å². The highest BCUT2D eigenvalue weighted by Gasteiger charge is 2.29. The predicted molar refractivity (Wildman–Crippen MR) is 85.3 cm³/mol. The van der Waals surface area contributed by atoms with E-state index in [4.69, 9.17) is 4.74 Å². The minimum atomic E-state index is -0.433. The van der Waals surface area contributed by atoms with Crippen LogP contribution in [0, 0.1) is 0 Å². The molecule has 2 aromatic rings. The van der Waals surface area contributed by atoms with Crippen LogP contribution >= 0.6 is 15.9 Å². The Morgan fingerprint density at radius 2 is 2.10 bits per heavy atom. The summed E-state index contributed by atoms with van der Waals surface area (Å²) < 4.78 is 6.71. The summed E-state index contributed by atoms with van der Waals surface area (Å²) in [6.45, 7) is 1.97. The number of rotatable bonds is 3. The number of carbonyl (C=O) groups is 1. The van der Waals surface area contributed by atoms with E-state index < -0.39 is 6.10 Å². The van der Waals surface area contributed by atoms with Crippen molar-refractivity contribution in [3.05, 3.63) is 64.1 Å². The molecule has 2 unspecified atom stereocenters. The molecule has 0 saturated carbocycles. The van der Waals surface area contributed by atoms with Gasteiger partial charge in [0.05, 0.1) is 6.04 Å². The van der Waals surface area contributed by atoms with Gasteiger partial charge in [0.2, 0.25) is 0 Å². The van der Waals surface area contributed by atoms with Gasteiger partial charge < -0.3 is 10.1 Å². The summed E-state index contributed by atoms with van der Waals surface area (Å²) in [5.74, 6) is 0.742. The van der Waals surface area contributed by atoms with E-state index >= 15 is 0 Å². The quantitative estimate of drug-likeness (QED) is 0.922. The Balaban J connectivity index is 1.65. The Kier molecular flexibility index (Phi) is 3.97. The highest BCUT2D eigenvalue weighted by molar-refractivity contribution is 9.10. The zero-order valence-electron chi connectivity index (χ0n) is 11.7. The molecule has 3 rings (SSSR count). The average molecular weight is 346 g/mol. The van der Waals surface area contributed by atoms with E-state index in [0.717, 1.165) is 21.3 Å². The fourth-order valence-corrected chi connectivity index (χ4v) is 2.91. The Labute approximate surface area is 132 Å². The van der Waals surface area contributed by atoms with Crippen molar-refractivity contribution >= 4 is 21.8 Å². The van der Waals surface area contributed by atoms with E-state index in [0.29, 0.717) is 6.42 Å². The average Bonchev–Trinajstić information content (AvgIpc) is 2.91. The summed E-state index contributed by atoms with van der Waals surface area (Å²) in [4.78, 5) is 12.3. The van der Waals surface area contributed by atoms with Crippen molar-refractivity contribution in [1.29, 1.82) is 0 Å². The number of ether oxygens (including phenoxy) is 1. The molecule has 0 spiro atoms. The maximum atomic E-state index is 12.3. The summed E-state index contributed by atoms with van der Waals surface area (Å²) >= 11 is 3.45. The van der Waals surface area contributed by atoms with Crippen LogP contribution in [-0.4, -0.2) is 12.0 Å². The third-order valence-electron chi connectivity index (χ3n) is 3.65. The molecular weight excluding hydrogens is 330 g/mol. The third kappa shape index (κ3) is 3.10. The molecule has 0 aliphatic carbocycles. The molecule has 1 aliphatic heterocycles. The Bertz CT molecular complexity index is 646. The molecule has 0 fully saturated rings. The van der Waals surface area contributed by atoms with Gasteiger partial charge >= 0.3 is 0 Å². The lowest BCUT2D eigenvalue weighted by molar-refractivity contribution is -0.127. The zero-order valence-corrected chi connectivity index (χ0v) is 13.3. The predicted octanol–water partition coefficient (Wildman–Crippen LogP) is 3.63. The van der Waals surface area contributed by atoms with Gasteiger partial charge in [0, 0.05) is 10.9 Å². The summed E-state index contributed by atoms with van der Waals surface area (Å²) in [6.07, 6.45) is 0.199. The van der Waals surface area contributed by atoms with Gasteiger partial charge in [0.1, 0.15) is 5.75 Å². The number of amides is 1. The van der Waals surface area contributed by atoms with Gasteiger partial charge in [0.15, 0.2) is 6.10 Å². The van der Waals surface area contributed by atoms with Crippen LogP contribution < -0.4 is 10.1 Å². The van der Waals surface area contributed by atoms with Crippen LogP contribution in [0.25, 0.3) is 0 Å². The van der Waals surface area contributed by atoms with Crippen molar-refractivity contribution < 1.29 is 9.53 Å². The molecule has 0 saturated heterocycles. The summed E-state index contributed by atoms with van der Waals surface area (Å²) in [5.41, 5.74) is 2.15. The number of fused-ring (bicyclic) bond motifs is 1. The molecule has 0 aromatic heterocycles. The summed E-state index contributed by atoms with van der Waals surface area (Å²) in [5, 5.41) is 3.02. The van der Waals surface area contributed by atoms with E-state index in [-0.39, 0.29) is 11.9 Å². The molecule has 3 nitrogen and oxygen atoms in total. The molecule has 1 aliphatic rings. The maximum Gasteiger partial charge on any atom is 0.261 e. The lowest BCUT2D eigenvalue weighted by Crippen LogP contribution is -2.38. The van der Waals surface area contributed by atoms with Crippen LogP contribution in [0.5, 0.6) is 5.75 Å². The standard InChI is InChI=1S/C17H16BrNO2/c1-11(12-6-4-7-14(18)9-12)19-17(20)16-10-13-5-2-3-8-15(13)21-16/h2-9,11,16H,10H2,1H3,(H,19,20). The number of hydrogen-bond acceptors (Lipinski definition) is 2. The lowest BCUT2D eigenvalue weighted by atomic mass is 10.1. The molecule has 4 heteroatoms. The van der Waals surface area contributed by atoms with Gasteiger partial charge in [-0.15, -0.1) is 0 Å². The molecule has 1 amide bonds. The molecule has 1 heterocycles. The van der Waals surface area contributed by atoms with E-state index in [1.807, 2.05) is 55.5 Å². The minimum absolute atomic E-state index is 0.0534. The van der Waals surface area contributed by atoms with Crippen LogP contribution in [0.3, 0.4) is 0 Å². The van der Waals surface area contributed by atoms with E-state index in [9.17, 15) is 4.79 Å². The second-order valence-corrected chi connectivity index (χ2v) is 6.12. The number of hydrogen-bond donors (Lipinski definition) is 1. The van der Waals surface area contributed by atoms with Gasteiger partial charge in [-0.1, -0.05) is 46.3 Å². The molecule has 21 heavy (non-hydrogen) atoms. The molecule has 0 bridgehead atoms. The maximum absolute atomic E-state index is 12.3. The number of carbonyl (C=O) groups excluding carboxylic acids is 1. The van der Waals surface area contributed by atoms with E-state index in [2.05, 4.69) is 21.2 Å². The third-order valence-corrected chi connectivity index (χ3v) is 4.14. The largest absolute Gasteiger partial charge is 0.480 e. The first-order valence-electron chi connectivity index (χ1n) is 6.94. The fourth-order valence-electron chi connectivity index (χ4n) is 2.49. The van der Waals surface area contributed by atoms with Crippen molar-refractivity contribution in [2.45, 2.75) is 25.5 Å². The first-order chi connectivity index (χ1) is 10.1. The van der Waals surface area contributed by atoms with Crippen molar-refractivity contribution in [3.8, 4) is 5.75 Å². The van der Waals surface area contributed by atoms with Gasteiger partial charge in [-0.2, -0.15) is 0 Å². The molecule has 0 radical (unpaired) electrons. The fraction of sp³-hybridized carbons (Fsp3) is 0.235. The number of halogens is 1. The van der Waals surface area contributed by atoms with Gasteiger partial charge in [-0.05, 0) is 36.2 Å². The lowest BCUT2D eigenvalue weighted by Gasteiger charge is -2.17. The molecule has 108 valence electrons. The normalized spacial score (nSPS) is 17.7. The van der Waals surface area contributed by atoms with Crippen LogP contribution in [0.4, 0.5) is 0 Å². The highest BCUT2D eigenvalue weighted by atomic mass is 79.9.